The molecule has 1 aliphatic heterocycles. The number of hydrogen-bond donors (Lipinski definition) is 1. The summed E-state index contributed by atoms with van der Waals surface area (Å²) in [4.78, 5) is 24.9. The predicted octanol–water partition coefficient (Wildman–Crippen LogP) is 4.56. The standard InChI is InChI=1S/C17H24BrN3O4/c1-16(2,3)25-15(22)20-9-5-8-17(4,11-20)19-13-10-12(18)6-7-14(13)21(23)24/h6-7,10,19H,5,8-9,11H2,1-4H3. The number of halogens is 1. The lowest BCUT2D eigenvalue weighted by Gasteiger charge is -2.41. The van der Waals surface area contributed by atoms with Gasteiger partial charge in [-0.15, -0.1) is 0 Å². The van der Waals surface area contributed by atoms with Crippen molar-refractivity contribution in [2.45, 2.75) is 51.7 Å². The van der Waals surface area contributed by atoms with Gasteiger partial charge in [-0.25, -0.2) is 4.79 Å². The first-order valence-corrected chi connectivity index (χ1v) is 8.98. The maximum absolute atomic E-state index is 12.3. The van der Waals surface area contributed by atoms with Crippen molar-refractivity contribution in [2.75, 3.05) is 18.4 Å². The fraction of sp³-hybridized carbons (Fsp3) is 0.588. The van der Waals surface area contributed by atoms with Gasteiger partial charge in [0.25, 0.3) is 5.69 Å². The molecule has 1 aromatic rings. The van der Waals surface area contributed by atoms with Crippen LogP contribution < -0.4 is 5.32 Å². The van der Waals surface area contributed by atoms with Gasteiger partial charge >= 0.3 is 6.09 Å². The van der Waals surface area contributed by atoms with Crippen LogP contribution in [0.1, 0.15) is 40.5 Å². The summed E-state index contributed by atoms with van der Waals surface area (Å²) in [6, 6.07) is 4.79. The molecule has 1 atom stereocenters. The summed E-state index contributed by atoms with van der Waals surface area (Å²) in [5, 5.41) is 14.5. The van der Waals surface area contributed by atoms with Crippen LogP contribution in [0, 0.1) is 10.1 Å². The lowest BCUT2D eigenvalue weighted by Crippen LogP contribution is -2.53. The van der Waals surface area contributed by atoms with Gasteiger partial charge < -0.3 is 15.0 Å². The average Bonchev–Trinajstić information content (AvgIpc) is 2.44. The largest absolute Gasteiger partial charge is 0.444 e. The van der Waals surface area contributed by atoms with E-state index in [0.29, 0.717) is 18.8 Å². The van der Waals surface area contributed by atoms with Crippen LogP contribution in [0.15, 0.2) is 22.7 Å². The summed E-state index contributed by atoms with van der Waals surface area (Å²) in [5.74, 6) is 0. The number of nitrogens with one attached hydrogen (secondary N) is 1. The molecule has 8 heteroatoms. The first-order chi connectivity index (χ1) is 11.5. The lowest BCUT2D eigenvalue weighted by atomic mass is 9.90. The van der Waals surface area contributed by atoms with E-state index < -0.39 is 16.1 Å². The van der Waals surface area contributed by atoms with Crippen LogP contribution in [0.5, 0.6) is 0 Å². The van der Waals surface area contributed by atoms with Crippen molar-refractivity contribution in [1.29, 1.82) is 0 Å². The second-order valence-corrected chi connectivity index (χ2v) is 8.53. The van der Waals surface area contributed by atoms with Gasteiger partial charge in [-0.3, -0.25) is 10.1 Å². The van der Waals surface area contributed by atoms with E-state index in [2.05, 4.69) is 21.2 Å². The van der Waals surface area contributed by atoms with Crippen molar-refractivity contribution in [3.8, 4) is 0 Å². The number of carbonyl (C=O) groups is 1. The van der Waals surface area contributed by atoms with Gasteiger partial charge in [0.05, 0.1) is 10.5 Å². The number of ether oxygens (including phenoxy) is 1. The van der Waals surface area contributed by atoms with Gasteiger partial charge in [-0.1, -0.05) is 15.9 Å². The Morgan fingerprint density at radius 1 is 1.44 bits per heavy atom. The van der Waals surface area contributed by atoms with E-state index in [1.54, 1.807) is 17.0 Å². The number of benzene rings is 1. The molecular formula is C17H24BrN3O4. The van der Waals surface area contributed by atoms with Crippen LogP contribution in [0.3, 0.4) is 0 Å². The second kappa shape index (κ2) is 7.19. The Hall–Kier alpha value is -1.83. The highest BCUT2D eigenvalue weighted by Crippen LogP contribution is 2.33. The molecule has 0 bridgehead atoms. The zero-order chi connectivity index (χ0) is 18.8. The first kappa shape index (κ1) is 19.5. The minimum Gasteiger partial charge on any atom is -0.444 e. The summed E-state index contributed by atoms with van der Waals surface area (Å²) >= 11 is 3.35. The van der Waals surface area contributed by atoms with Gasteiger partial charge in [-0.05, 0) is 52.7 Å². The summed E-state index contributed by atoms with van der Waals surface area (Å²) < 4.78 is 6.20. The van der Waals surface area contributed by atoms with E-state index in [9.17, 15) is 14.9 Å². The molecule has 2 rings (SSSR count). The molecule has 0 radical (unpaired) electrons. The molecule has 1 unspecified atom stereocenters. The van der Waals surface area contributed by atoms with Crippen LogP contribution in [0.25, 0.3) is 0 Å². The Bertz CT molecular complexity index is 674. The molecule has 1 fully saturated rings. The van der Waals surface area contributed by atoms with E-state index in [1.165, 1.54) is 6.07 Å². The molecule has 0 aliphatic carbocycles. The fourth-order valence-corrected chi connectivity index (χ4v) is 3.28. The van der Waals surface area contributed by atoms with Gasteiger partial charge in [-0.2, -0.15) is 0 Å². The molecule has 1 N–H and O–H groups in total. The predicted molar refractivity (Wildman–Crippen MR) is 99.9 cm³/mol. The number of nitro groups is 1. The topological polar surface area (TPSA) is 84.7 Å². The maximum atomic E-state index is 12.3. The molecule has 1 amide bonds. The van der Waals surface area contributed by atoms with E-state index in [0.717, 1.165) is 17.3 Å². The molecule has 7 nitrogen and oxygen atoms in total. The highest BCUT2D eigenvalue weighted by molar-refractivity contribution is 9.10. The monoisotopic (exact) mass is 413 g/mol. The van der Waals surface area contributed by atoms with Gasteiger partial charge in [0.1, 0.15) is 11.3 Å². The Morgan fingerprint density at radius 2 is 2.12 bits per heavy atom. The Labute approximate surface area is 156 Å². The number of hydrogen-bond acceptors (Lipinski definition) is 5. The molecular weight excluding hydrogens is 390 g/mol. The van der Waals surface area contributed by atoms with E-state index in [4.69, 9.17) is 4.74 Å². The van der Waals surface area contributed by atoms with Crippen molar-refractivity contribution in [3.05, 3.63) is 32.8 Å². The summed E-state index contributed by atoms with van der Waals surface area (Å²) in [6.45, 7) is 8.50. The Kier molecular flexibility index (Phi) is 5.61. The van der Waals surface area contributed by atoms with E-state index in [1.807, 2.05) is 27.7 Å². The number of likely N-dealkylation sites (tertiary alicyclic amines) is 1. The van der Waals surface area contributed by atoms with Crippen molar-refractivity contribution >= 4 is 33.4 Å². The molecule has 0 saturated carbocycles. The van der Waals surface area contributed by atoms with Crippen LogP contribution >= 0.6 is 15.9 Å². The molecule has 0 spiro atoms. The van der Waals surface area contributed by atoms with Crippen LogP contribution in [0.2, 0.25) is 0 Å². The number of nitro benzene ring substituents is 1. The quantitative estimate of drug-likeness (QED) is 0.579. The van der Waals surface area contributed by atoms with Crippen LogP contribution in [-0.2, 0) is 4.74 Å². The first-order valence-electron chi connectivity index (χ1n) is 8.19. The zero-order valence-electron chi connectivity index (χ0n) is 15.0. The van der Waals surface area contributed by atoms with Crippen molar-refractivity contribution in [1.82, 2.24) is 4.90 Å². The SMILES string of the molecule is CC1(Nc2cc(Br)ccc2[N+](=O)[O-])CCCN(C(=O)OC(C)(C)C)C1. The van der Waals surface area contributed by atoms with Crippen molar-refractivity contribution in [3.63, 3.8) is 0 Å². The number of piperidine rings is 1. The number of rotatable bonds is 3. The Balaban J connectivity index is 2.17. The summed E-state index contributed by atoms with van der Waals surface area (Å²) in [7, 11) is 0. The minimum absolute atomic E-state index is 0.0128. The van der Waals surface area contributed by atoms with Gasteiger partial charge in [0.15, 0.2) is 0 Å². The van der Waals surface area contributed by atoms with Gasteiger partial charge in [0, 0.05) is 23.6 Å². The summed E-state index contributed by atoms with van der Waals surface area (Å²) in [6.07, 6.45) is 1.24. The normalized spacial score (nSPS) is 20.9. The second-order valence-electron chi connectivity index (χ2n) is 7.61. The fourth-order valence-electron chi connectivity index (χ4n) is 2.92. The molecule has 1 saturated heterocycles. The van der Waals surface area contributed by atoms with E-state index >= 15 is 0 Å². The third kappa shape index (κ3) is 5.32. The Morgan fingerprint density at radius 3 is 2.72 bits per heavy atom. The van der Waals surface area contributed by atoms with E-state index in [-0.39, 0.29) is 11.8 Å². The number of amides is 1. The molecule has 138 valence electrons. The number of nitrogens with zero attached hydrogens (tertiary/aromatic N) is 2. The van der Waals surface area contributed by atoms with Crippen molar-refractivity contribution < 1.29 is 14.5 Å². The maximum Gasteiger partial charge on any atom is 0.410 e. The number of anilines is 1. The lowest BCUT2D eigenvalue weighted by molar-refractivity contribution is -0.384. The number of carbonyl (C=O) groups excluding carboxylic acids is 1. The molecule has 25 heavy (non-hydrogen) atoms. The van der Waals surface area contributed by atoms with Crippen LogP contribution in [0.4, 0.5) is 16.2 Å². The molecule has 1 aliphatic rings. The molecule has 1 aromatic carbocycles. The highest BCUT2D eigenvalue weighted by atomic mass is 79.9. The molecule has 0 aromatic heterocycles. The zero-order valence-corrected chi connectivity index (χ0v) is 16.6. The average molecular weight is 414 g/mol. The highest BCUT2D eigenvalue weighted by Gasteiger charge is 2.36. The smallest absolute Gasteiger partial charge is 0.410 e. The third-order valence-electron chi connectivity index (χ3n) is 3.94. The molecule has 1 heterocycles. The van der Waals surface area contributed by atoms with Gasteiger partial charge in [0.2, 0.25) is 0 Å². The third-order valence-corrected chi connectivity index (χ3v) is 4.43. The minimum atomic E-state index is -0.554. The summed E-state index contributed by atoms with van der Waals surface area (Å²) in [5.41, 5.74) is -0.575. The van der Waals surface area contributed by atoms with Crippen molar-refractivity contribution in [2.24, 2.45) is 0 Å². The van der Waals surface area contributed by atoms with Crippen LogP contribution in [-0.4, -0.2) is 40.1 Å².